The van der Waals surface area contributed by atoms with E-state index in [-0.39, 0.29) is 12.5 Å². The molecule has 9 nitrogen and oxygen atoms in total. The minimum absolute atomic E-state index is 0.0126. The number of piperidine rings is 1. The summed E-state index contributed by atoms with van der Waals surface area (Å²) in [6, 6.07) is 8.15. The van der Waals surface area contributed by atoms with Gasteiger partial charge in [0.25, 0.3) is 0 Å². The Labute approximate surface area is 257 Å². The quantitative estimate of drug-likeness (QED) is 0.245. The first kappa shape index (κ1) is 31.4. The van der Waals surface area contributed by atoms with Crippen molar-refractivity contribution in [1.29, 1.82) is 0 Å². The van der Waals surface area contributed by atoms with Crippen LogP contribution in [0.3, 0.4) is 0 Å². The Kier molecular flexibility index (Phi) is 10.4. The number of carboxylic acids is 1. The summed E-state index contributed by atoms with van der Waals surface area (Å²) in [5.41, 5.74) is 3.09. The van der Waals surface area contributed by atoms with Crippen molar-refractivity contribution in [1.82, 2.24) is 34.6 Å². The first-order chi connectivity index (χ1) is 20.7. The maximum atomic E-state index is 11.0. The minimum atomic E-state index is -0.770. The lowest BCUT2D eigenvalue weighted by molar-refractivity contribution is -0.136. The standard InChI is InChI=1S/C34H51N7O2/c1-33(2,3)25-40-19-11-34(12-20-40)10-18-39(26-34)16-5-17-41-21-15-35-30(41)23-29(32-36-13-14-37-32)38-24-28-7-4-6-27(22-28)8-9-31(42)43/h4,6-7,13-15,21-22,29,38H,5,8-12,16-20,23-26H2,1-3H3,(H,36,37)(H,42,43). The Morgan fingerprint density at radius 3 is 2.56 bits per heavy atom. The van der Waals surface area contributed by atoms with E-state index in [2.05, 4.69) is 68.8 Å². The summed E-state index contributed by atoms with van der Waals surface area (Å²) in [5, 5.41) is 12.7. The van der Waals surface area contributed by atoms with Crippen LogP contribution in [-0.2, 0) is 30.7 Å². The third kappa shape index (κ3) is 9.24. The largest absolute Gasteiger partial charge is 0.481 e. The highest BCUT2D eigenvalue weighted by atomic mass is 16.4. The van der Waals surface area contributed by atoms with Crippen LogP contribution >= 0.6 is 0 Å². The molecule has 234 valence electrons. The van der Waals surface area contributed by atoms with Gasteiger partial charge in [0, 0.05) is 63.8 Å². The number of nitrogens with one attached hydrogen (secondary N) is 2. The summed E-state index contributed by atoms with van der Waals surface area (Å²) in [5.74, 6) is 1.19. The van der Waals surface area contributed by atoms with Crippen molar-refractivity contribution in [3.8, 4) is 0 Å². The second-order valence-electron chi connectivity index (χ2n) is 14.1. The van der Waals surface area contributed by atoms with Crippen molar-refractivity contribution >= 4 is 5.97 Å². The topological polar surface area (TPSA) is 102 Å². The lowest BCUT2D eigenvalue weighted by Gasteiger charge is -2.41. The normalized spacial score (nSPS) is 18.4. The molecule has 0 radical (unpaired) electrons. The van der Waals surface area contributed by atoms with Crippen molar-refractivity contribution in [2.75, 3.05) is 39.3 Å². The van der Waals surface area contributed by atoms with E-state index in [1.54, 1.807) is 6.20 Å². The van der Waals surface area contributed by atoms with E-state index in [0.29, 0.717) is 23.8 Å². The molecule has 0 bridgehead atoms. The molecule has 3 aromatic rings. The van der Waals surface area contributed by atoms with Crippen LogP contribution < -0.4 is 5.32 Å². The molecule has 1 atom stereocenters. The van der Waals surface area contributed by atoms with Gasteiger partial charge in [0.1, 0.15) is 11.6 Å². The number of rotatable bonds is 14. The molecule has 2 saturated heterocycles. The Bertz CT molecular complexity index is 1290. The molecule has 0 saturated carbocycles. The van der Waals surface area contributed by atoms with Gasteiger partial charge in [0.05, 0.1) is 6.04 Å². The number of hydrogen-bond acceptors (Lipinski definition) is 6. The van der Waals surface area contributed by atoms with E-state index in [4.69, 9.17) is 10.1 Å². The van der Waals surface area contributed by atoms with Gasteiger partial charge in [0.15, 0.2) is 0 Å². The highest BCUT2D eigenvalue weighted by Crippen LogP contribution is 2.40. The van der Waals surface area contributed by atoms with Crippen LogP contribution in [0, 0.1) is 10.8 Å². The van der Waals surface area contributed by atoms with E-state index in [0.717, 1.165) is 48.7 Å². The number of aliphatic carboxylic acids is 1. The van der Waals surface area contributed by atoms with Crippen LogP contribution in [-0.4, -0.2) is 79.7 Å². The molecular formula is C34H51N7O2. The van der Waals surface area contributed by atoms with Crippen molar-refractivity contribution in [3.05, 3.63) is 71.8 Å². The molecule has 4 heterocycles. The van der Waals surface area contributed by atoms with Gasteiger partial charge >= 0.3 is 5.97 Å². The number of nitrogens with zero attached hydrogens (tertiary/aromatic N) is 5. The molecule has 1 unspecified atom stereocenters. The first-order valence-corrected chi connectivity index (χ1v) is 16.1. The summed E-state index contributed by atoms with van der Waals surface area (Å²) in [6.07, 6.45) is 14.3. The molecule has 0 amide bonds. The zero-order valence-corrected chi connectivity index (χ0v) is 26.4. The summed E-state index contributed by atoms with van der Waals surface area (Å²) < 4.78 is 2.31. The van der Waals surface area contributed by atoms with Crippen molar-refractivity contribution in [2.45, 2.75) is 84.8 Å². The predicted molar refractivity (Wildman–Crippen MR) is 170 cm³/mol. The van der Waals surface area contributed by atoms with Crippen LogP contribution in [0.5, 0.6) is 0 Å². The zero-order chi connectivity index (χ0) is 30.3. The van der Waals surface area contributed by atoms with E-state index in [1.807, 2.05) is 24.5 Å². The number of aromatic nitrogens is 4. The Balaban J connectivity index is 1.11. The summed E-state index contributed by atoms with van der Waals surface area (Å²) in [7, 11) is 0. The highest BCUT2D eigenvalue weighted by Gasteiger charge is 2.40. The predicted octanol–water partition coefficient (Wildman–Crippen LogP) is 4.92. The van der Waals surface area contributed by atoms with E-state index >= 15 is 0 Å². The zero-order valence-electron chi connectivity index (χ0n) is 26.4. The third-order valence-electron chi connectivity index (χ3n) is 9.21. The molecule has 2 aliphatic rings. The van der Waals surface area contributed by atoms with Crippen LogP contribution in [0.25, 0.3) is 0 Å². The number of carbonyl (C=O) groups is 1. The Morgan fingerprint density at radius 2 is 1.84 bits per heavy atom. The van der Waals surface area contributed by atoms with Gasteiger partial charge in [-0.15, -0.1) is 0 Å². The lowest BCUT2D eigenvalue weighted by Crippen LogP contribution is -2.44. The molecule has 9 heteroatoms. The fraction of sp³-hybridized carbons (Fsp3) is 0.618. The Hall–Kier alpha value is -3.01. The third-order valence-corrected chi connectivity index (χ3v) is 9.21. The van der Waals surface area contributed by atoms with Crippen LogP contribution in [0.4, 0.5) is 0 Å². The van der Waals surface area contributed by atoms with E-state index < -0.39 is 5.97 Å². The van der Waals surface area contributed by atoms with Gasteiger partial charge in [-0.25, -0.2) is 9.97 Å². The maximum Gasteiger partial charge on any atom is 0.303 e. The maximum absolute atomic E-state index is 11.0. The number of hydrogen-bond donors (Lipinski definition) is 3. The molecule has 43 heavy (non-hydrogen) atoms. The first-order valence-electron chi connectivity index (χ1n) is 16.1. The summed E-state index contributed by atoms with van der Waals surface area (Å²) in [4.78, 5) is 28.9. The van der Waals surface area contributed by atoms with Gasteiger partial charge in [-0.2, -0.15) is 0 Å². The average molecular weight is 590 g/mol. The Morgan fingerprint density at radius 1 is 1.07 bits per heavy atom. The van der Waals surface area contributed by atoms with Crippen LogP contribution in [0.1, 0.15) is 81.7 Å². The second-order valence-corrected chi connectivity index (χ2v) is 14.1. The van der Waals surface area contributed by atoms with Crippen molar-refractivity contribution in [2.24, 2.45) is 10.8 Å². The lowest BCUT2D eigenvalue weighted by atomic mass is 9.77. The number of H-pyrrole nitrogens is 1. The van der Waals surface area contributed by atoms with Crippen LogP contribution in [0.15, 0.2) is 49.1 Å². The molecule has 2 aliphatic heterocycles. The SMILES string of the molecule is CC(C)(C)CN1CCC2(CC1)CCN(CCCn1ccnc1CC(NCc1cccc(CCC(=O)O)c1)c1ncc[nH]1)C2. The summed E-state index contributed by atoms with van der Waals surface area (Å²) >= 11 is 0. The van der Waals surface area contributed by atoms with Gasteiger partial charge in [0.2, 0.25) is 0 Å². The van der Waals surface area contributed by atoms with E-state index in [9.17, 15) is 4.79 Å². The molecule has 3 N–H and O–H groups in total. The smallest absolute Gasteiger partial charge is 0.303 e. The van der Waals surface area contributed by atoms with Gasteiger partial charge in [-0.1, -0.05) is 45.0 Å². The molecule has 0 aliphatic carbocycles. The second kappa shape index (κ2) is 14.2. The molecule has 2 aromatic heterocycles. The fourth-order valence-electron chi connectivity index (χ4n) is 6.98. The number of benzene rings is 1. The van der Waals surface area contributed by atoms with Gasteiger partial charge in [-0.3, -0.25) is 4.79 Å². The number of aromatic amines is 1. The molecule has 2 fully saturated rings. The van der Waals surface area contributed by atoms with Crippen LogP contribution in [0.2, 0.25) is 0 Å². The molecular weight excluding hydrogens is 538 g/mol. The fourth-order valence-corrected chi connectivity index (χ4v) is 6.98. The number of carboxylic acid groups (broad SMARTS) is 1. The number of aryl methyl sites for hydroxylation is 2. The molecule has 5 rings (SSSR count). The van der Waals surface area contributed by atoms with E-state index in [1.165, 1.54) is 52.0 Å². The summed E-state index contributed by atoms with van der Waals surface area (Å²) in [6.45, 7) is 16.0. The van der Waals surface area contributed by atoms with Gasteiger partial charge < -0.3 is 29.8 Å². The van der Waals surface area contributed by atoms with Gasteiger partial charge in [-0.05, 0) is 80.2 Å². The minimum Gasteiger partial charge on any atom is -0.481 e. The number of likely N-dealkylation sites (tertiary alicyclic amines) is 2. The van der Waals surface area contributed by atoms with Crippen molar-refractivity contribution in [3.63, 3.8) is 0 Å². The average Bonchev–Trinajstić information content (AvgIpc) is 3.74. The number of imidazole rings is 2. The molecule has 1 spiro atoms. The highest BCUT2D eigenvalue weighted by molar-refractivity contribution is 5.67. The molecule has 1 aromatic carbocycles. The van der Waals surface area contributed by atoms with Crippen molar-refractivity contribution < 1.29 is 9.90 Å². The monoisotopic (exact) mass is 589 g/mol.